The molecule has 2 rings (SSSR count). The van der Waals surface area contributed by atoms with Crippen molar-refractivity contribution in [3.05, 3.63) is 65.7 Å². The van der Waals surface area contributed by atoms with Gasteiger partial charge in [-0.2, -0.15) is 0 Å². The van der Waals surface area contributed by atoms with Gasteiger partial charge < -0.3 is 10.4 Å². The molecular weight excluding hydrogens is 228 g/mol. The summed E-state index contributed by atoms with van der Waals surface area (Å²) >= 11 is 0. The van der Waals surface area contributed by atoms with Crippen LogP contribution in [0, 0.1) is 5.41 Å². The van der Waals surface area contributed by atoms with E-state index in [-0.39, 0.29) is 17.5 Å². The standard InChI is InChI=1S/C14H12N2O2/c15-13(10-4-2-1-3-5-10)16-14(18)11-6-8-12(17)9-7-11/h1-9,17H,(H2,15,16,18). The first-order valence-electron chi connectivity index (χ1n) is 5.41. The number of carbonyl (C=O) groups excluding carboxylic acids is 1. The SMILES string of the molecule is N=C(NC(=O)c1ccc(O)cc1)c1ccccc1. The zero-order chi connectivity index (χ0) is 13.0. The Kier molecular flexibility index (Phi) is 3.38. The molecule has 2 aromatic carbocycles. The van der Waals surface area contributed by atoms with Crippen LogP contribution < -0.4 is 5.32 Å². The van der Waals surface area contributed by atoms with E-state index in [4.69, 9.17) is 10.5 Å². The molecule has 0 aliphatic carbocycles. The molecule has 0 spiro atoms. The number of hydrogen-bond acceptors (Lipinski definition) is 3. The van der Waals surface area contributed by atoms with Crippen LogP contribution in [0.5, 0.6) is 5.75 Å². The monoisotopic (exact) mass is 240 g/mol. The predicted octanol–water partition coefficient (Wildman–Crippen LogP) is 2.15. The van der Waals surface area contributed by atoms with Gasteiger partial charge in [0, 0.05) is 11.1 Å². The van der Waals surface area contributed by atoms with E-state index in [1.54, 1.807) is 24.3 Å². The zero-order valence-corrected chi connectivity index (χ0v) is 9.55. The number of amidine groups is 1. The van der Waals surface area contributed by atoms with Crippen LogP contribution in [0.3, 0.4) is 0 Å². The Morgan fingerprint density at radius 2 is 1.56 bits per heavy atom. The van der Waals surface area contributed by atoms with Crippen molar-refractivity contribution >= 4 is 11.7 Å². The van der Waals surface area contributed by atoms with E-state index < -0.39 is 0 Å². The second kappa shape index (κ2) is 5.14. The van der Waals surface area contributed by atoms with Crippen molar-refractivity contribution in [1.29, 1.82) is 5.41 Å². The highest BCUT2D eigenvalue weighted by Gasteiger charge is 2.08. The molecule has 90 valence electrons. The minimum absolute atomic E-state index is 0.0497. The van der Waals surface area contributed by atoms with Crippen LogP contribution in [0.25, 0.3) is 0 Å². The van der Waals surface area contributed by atoms with E-state index in [1.165, 1.54) is 24.3 Å². The Balaban J connectivity index is 2.08. The molecular formula is C14H12N2O2. The fourth-order valence-electron chi connectivity index (χ4n) is 1.48. The molecule has 1 amide bonds. The zero-order valence-electron chi connectivity index (χ0n) is 9.55. The highest BCUT2D eigenvalue weighted by atomic mass is 16.3. The lowest BCUT2D eigenvalue weighted by Crippen LogP contribution is -2.30. The van der Waals surface area contributed by atoms with Gasteiger partial charge in [0.25, 0.3) is 5.91 Å². The lowest BCUT2D eigenvalue weighted by molar-refractivity contribution is 0.0977. The second-order valence-electron chi connectivity index (χ2n) is 3.74. The molecule has 0 unspecified atom stereocenters. The molecule has 2 aromatic rings. The van der Waals surface area contributed by atoms with Gasteiger partial charge in [-0.15, -0.1) is 0 Å². The van der Waals surface area contributed by atoms with E-state index in [1.807, 2.05) is 6.07 Å². The van der Waals surface area contributed by atoms with E-state index in [0.717, 1.165) is 0 Å². The van der Waals surface area contributed by atoms with Crippen molar-refractivity contribution in [3.8, 4) is 5.75 Å². The van der Waals surface area contributed by atoms with Crippen molar-refractivity contribution in [2.24, 2.45) is 0 Å². The Hall–Kier alpha value is -2.62. The summed E-state index contributed by atoms with van der Waals surface area (Å²) in [6.07, 6.45) is 0. The third kappa shape index (κ3) is 2.74. The molecule has 3 N–H and O–H groups in total. The maximum absolute atomic E-state index is 11.8. The molecule has 0 bridgehead atoms. The normalized spacial score (nSPS) is 9.78. The summed E-state index contributed by atoms with van der Waals surface area (Å²) < 4.78 is 0. The third-order valence-electron chi connectivity index (χ3n) is 2.43. The Bertz CT molecular complexity index is 562. The number of hydrogen-bond donors (Lipinski definition) is 3. The average molecular weight is 240 g/mol. The van der Waals surface area contributed by atoms with Gasteiger partial charge in [0.05, 0.1) is 0 Å². The maximum Gasteiger partial charge on any atom is 0.256 e. The van der Waals surface area contributed by atoms with Gasteiger partial charge in [0.1, 0.15) is 11.6 Å². The fourth-order valence-corrected chi connectivity index (χ4v) is 1.48. The Morgan fingerprint density at radius 3 is 2.17 bits per heavy atom. The summed E-state index contributed by atoms with van der Waals surface area (Å²) in [5.74, 6) is -0.220. The van der Waals surface area contributed by atoms with Crippen LogP contribution in [0.15, 0.2) is 54.6 Å². The van der Waals surface area contributed by atoms with E-state index in [2.05, 4.69) is 5.32 Å². The van der Waals surface area contributed by atoms with Crippen molar-refractivity contribution in [3.63, 3.8) is 0 Å². The number of carbonyl (C=O) groups is 1. The summed E-state index contributed by atoms with van der Waals surface area (Å²) in [6.45, 7) is 0. The molecule has 0 fully saturated rings. The predicted molar refractivity (Wildman–Crippen MR) is 68.8 cm³/mol. The molecule has 0 saturated carbocycles. The minimum atomic E-state index is -0.371. The van der Waals surface area contributed by atoms with Crippen LogP contribution in [-0.2, 0) is 0 Å². The number of phenolic OH excluding ortho intramolecular Hbond substituents is 1. The molecule has 0 heterocycles. The number of amides is 1. The lowest BCUT2D eigenvalue weighted by Gasteiger charge is -2.06. The van der Waals surface area contributed by atoms with Gasteiger partial charge in [-0.25, -0.2) is 0 Å². The summed E-state index contributed by atoms with van der Waals surface area (Å²) in [5.41, 5.74) is 1.04. The molecule has 4 nitrogen and oxygen atoms in total. The van der Waals surface area contributed by atoms with Crippen LogP contribution in [0.2, 0.25) is 0 Å². The van der Waals surface area contributed by atoms with Gasteiger partial charge >= 0.3 is 0 Å². The van der Waals surface area contributed by atoms with Crippen LogP contribution >= 0.6 is 0 Å². The van der Waals surface area contributed by atoms with Crippen molar-refractivity contribution in [2.75, 3.05) is 0 Å². The topological polar surface area (TPSA) is 73.2 Å². The summed E-state index contributed by atoms with van der Waals surface area (Å²) in [7, 11) is 0. The molecule has 0 aromatic heterocycles. The third-order valence-corrected chi connectivity index (χ3v) is 2.43. The molecule has 0 saturated heterocycles. The largest absolute Gasteiger partial charge is 0.508 e. The molecule has 4 heteroatoms. The van der Waals surface area contributed by atoms with Gasteiger partial charge in [-0.1, -0.05) is 30.3 Å². The summed E-state index contributed by atoms with van der Waals surface area (Å²) in [6, 6.07) is 14.8. The highest BCUT2D eigenvalue weighted by molar-refractivity contribution is 6.11. The summed E-state index contributed by atoms with van der Waals surface area (Å²) in [5, 5.41) is 19.4. The molecule has 0 aliphatic heterocycles. The lowest BCUT2D eigenvalue weighted by atomic mass is 10.1. The van der Waals surface area contributed by atoms with Crippen molar-refractivity contribution in [1.82, 2.24) is 5.32 Å². The van der Waals surface area contributed by atoms with Gasteiger partial charge in [-0.3, -0.25) is 10.2 Å². The number of nitrogens with one attached hydrogen (secondary N) is 2. The first-order chi connectivity index (χ1) is 8.66. The average Bonchev–Trinajstić information content (AvgIpc) is 2.40. The molecule has 0 radical (unpaired) electrons. The molecule has 18 heavy (non-hydrogen) atoms. The second-order valence-corrected chi connectivity index (χ2v) is 3.74. The number of aromatic hydroxyl groups is 1. The smallest absolute Gasteiger partial charge is 0.256 e. The van der Waals surface area contributed by atoms with Crippen molar-refractivity contribution < 1.29 is 9.90 Å². The van der Waals surface area contributed by atoms with Crippen LogP contribution in [0.4, 0.5) is 0 Å². The minimum Gasteiger partial charge on any atom is -0.508 e. The summed E-state index contributed by atoms with van der Waals surface area (Å²) in [4.78, 5) is 11.8. The van der Waals surface area contributed by atoms with E-state index >= 15 is 0 Å². The first kappa shape index (κ1) is 11.9. The van der Waals surface area contributed by atoms with E-state index in [9.17, 15) is 4.79 Å². The van der Waals surface area contributed by atoms with Crippen molar-refractivity contribution in [2.45, 2.75) is 0 Å². The van der Waals surface area contributed by atoms with Crippen LogP contribution in [0.1, 0.15) is 15.9 Å². The fraction of sp³-hybridized carbons (Fsp3) is 0. The molecule has 0 aliphatic rings. The number of rotatable bonds is 2. The maximum atomic E-state index is 11.8. The van der Waals surface area contributed by atoms with Gasteiger partial charge in [-0.05, 0) is 24.3 Å². The van der Waals surface area contributed by atoms with Gasteiger partial charge in [0.2, 0.25) is 0 Å². The number of phenols is 1. The Morgan fingerprint density at radius 1 is 0.944 bits per heavy atom. The quantitative estimate of drug-likeness (QED) is 0.556. The molecule has 0 atom stereocenters. The first-order valence-corrected chi connectivity index (χ1v) is 5.41. The van der Waals surface area contributed by atoms with Gasteiger partial charge in [0.15, 0.2) is 0 Å². The van der Waals surface area contributed by atoms with E-state index in [0.29, 0.717) is 11.1 Å². The van der Waals surface area contributed by atoms with Crippen LogP contribution in [-0.4, -0.2) is 16.8 Å². The highest BCUT2D eigenvalue weighted by Crippen LogP contribution is 2.09. The Labute approximate surface area is 104 Å². The number of benzene rings is 2.